The van der Waals surface area contributed by atoms with Gasteiger partial charge in [0.15, 0.2) is 11.6 Å². The van der Waals surface area contributed by atoms with E-state index in [1.165, 1.54) is 30.3 Å². The Morgan fingerprint density at radius 3 is 2.62 bits per heavy atom. The van der Waals surface area contributed by atoms with E-state index in [-0.39, 0.29) is 23.6 Å². The number of nitrogens with zero attached hydrogens (tertiary/aromatic N) is 1. The van der Waals surface area contributed by atoms with Crippen molar-refractivity contribution in [1.29, 1.82) is 0 Å². The summed E-state index contributed by atoms with van der Waals surface area (Å²) >= 11 is 0. The van der Waals surface area contributed by atoms with E-state index in [4.69, 9.17) is 9.84 Å². The molecular weight excluding hydrogens is 281 g/mol. The predicted octanol–water partition coefficient (Wildman–Crippen LogP) is 3.01. The number of carboxylic acids is 1. The van der Waals surface area contributed by atoms with E-state index in [2.05, 4.69) is 0 Å². The van der Waals surface area contributed by atoms with Crippen LogP contribution in [0.25, 0.3) is 0 Å². The van der Waals surface area contributed by atoms with Crippen LogP contribution in [0.1, 0.15) is 15.9 Å². The van der Waals surface area contributed by atoms with Gasteiger partial charge in [-0.1, -0.05) is 12.1 Å². The highest BCUT2D eigenvalue weighted by Crippen LogP contribution is 2.23. The number of hydrogen-bond donors (Lipinski definition) is 1. The minimum absolute atomic E-state index is 0.125. The third kappa shape index (κ3) is 3.33. The van der Waals surface area contributed by atoms with Crippen molar-refractivity contribution in [2.24, 2.45) is 0 Å². The zero-order chi connectivity index (χ0) is 15.4. The number of rotatable bonds is 5. The fourth-order valence-corrected chi connectivity index (χ4v) is 1.72. The highest BCUT2D eigenvalue weighted by molar-refractivity contribution is 5.87. The summed E-state index contributed by atoms with van der Waals surface area (Å²) in [5.41, 5.74) is -0.0326. The third-order valence-electron chi connectivity index (χ3n) is 2.75. The number of nitro groups is 1. The standard InChI is InChI=1S/C14H10FNO5/c15-11-7-9(14(17)18)5-6-13(11)21-8-10-3-1-2-4-12(10)16(19)20/h1-7H,8H2,(H,17,18). The van der Waals surface area contributed by atoms with Crippen LogP contribution in [-0.2, 0) is 6.61 Å². The first-order valence-electron chi connectivity index (χ1n) is 5.87. The molecule has 0 aliphatic heterocycles. The van der Waals surface area contributed by atoms with E-state index in [1.807, 2.05) is 0 Å². The topological polar surface area (TPSA) is 89.7 Å². The van der Waals surface area contributed by atoms with Crippen LogP contribution in [0.15, 0.2) is 42.5 Å². The Balaban J connectivity index is 2.17. The van der Waals surface area contributed by atoms with E-state index in [9.17, 15) is 19.3 Å². The van der Waals surface area contributed by atoms with Crippen molar-refractivity contribution in [1.82, 2.24) is 0 Å². The van der Waals surface area contributed by atoms with Gasteiger partial charge < -0.3 is 9.84 Å². The Morgan fingerprint density at radius 1 is 1.29 bits per heavy atom. The summed E-state index contributed by atoms with van der Waals surface area (Å²) in [5.74, 6) is -2.26. The average Bonchev–Trinajstić information content (AvgIpc) is 2.46. The normalized spacial score (nSPS) is 10.1. The van der Waals surface area contributed by atoms with Crippen LogP contribution < -0.4 is 4.74 Å². The minimum Gasteiger partial charge on any atom is -0.486 e. The molecule has 7 heteroatoms. The van der Waals surface area contributed by atoms with Gasteiger partial charge in [-0.25, -0.2) is 9.18 Å². The SMILES string of the molecule is O=C(O)c1ccc(OCc2ccccc2[N+](=O)[O-])c(F)c1. The summed E-state index contributed by atoms with van der Waals surface area (Å²) in [6.07, 6.45) is 0. The van der Waals surface area contributed by atoms with Gasteiger partial charge in [0.2, 0.25) is 0 Å². The number of benzene rings is 2. The van der Waals surface area contributed by atoms with E-state index in [1.54, 1.807) is 6.07 Å². The number of aromatic carboxylic acids is 1. The molecule has 0 amide bonds. The Labute approximate surface area is 118 Å². The quantitative estimate of drug-likeness (QED) is 0.675. The van der Waals surface area contributed by atoms with Gasteiger partial charge in [0.1, 0.15) is 6.61 Å². The molecule has 0 fully saturated rings. The maximum Gasteiger partial charge on any atom is 0.335 e. The zero-order valence-corrected chi connectivity index (χ0v) is 10.7. The number of nitro benzene ring substituents is 1. The van der Waals surface area contributed by atoms with Crippen molar-refractivity contribution in [2.75, 3.05) is 0 Å². The average molecular weight is 291 g/mol. The van der Waals surface area contributed by atoms with E-state index >= 15 is 0 Å². The van der Waals surface area contributed by atoms with Crippen LogP contribution in [0.2, 0.25) is 0 Å². The van der Waals surface area contributed by atoms with Gasteiger partial charge in [-0.2, -0.15) is 0 Å². The Morgan fingerprint density at radius 2 is 2.00 bits per heavy atom. The fraction of sp³-hybridized carbons (Fsp3) is 0.0714. The van der Waals surface area contributed by atoms with Crippen LogP contribution in [0.3, 0.4) is 0 Å². The lowest BCUT2D eigenvalue weighted by Gasteiger charge is -2.08. The summed E-state index contributed by atoms with van der Waals surface area (Å²) in [4.78, 5) is 21.0. The minimum atomic E-state index is -1.25. The van der Waals surface area contributed by atoms with Crippen molar-refractivity contribution < 1.29 is 24.0 Å². The first-order valence-corrected chi connectivity index (χ1v) is 5.87. The van der Waals surface area contributed by atoms with E-state index < -0.39 is 16.7 Å². The Kier molecular flexibility index (Phi) is 4.13. The highest BCUT2D eigenvalue weighted by Gasteiger charge is 2.14. The summed E-state index contributed by atoms with van der Waals surface area (Å²) in [5, 5.41) is 19.6. The van der Waals surface area contributed by atoms with Crippen LogP contribution in [-0.4, -0.2) is 16.0 Å². The number of ether oxygens (including phenoxy) is 1. The molecule has 0 radical (unpaired) electrons. The van der Waals surface area contributed by atoms with Crippen LogP contribution in [0.4, 0.5) is 10.1 Å². The molecule has 0 saturated heterocycles. The van der Waals surface area contributed by atoms with Gasteiger partial charge in [0, 0.05) is 6.07 Å². The van der Waals surface area contributed by atoms with Gasteiger partial charge in [0.25, 0.3) is 5.69 Å². The number of carboxylic acid groups (broad SMARTS) is 1. The lowest BCUT2D eigenvalue weighted by molar-refractivity contribution is -0.385. The van der Waals surface area contributed by atoms with Crippen molar-refractivity contribution in [2.45, 2.75) is 6.61 Å². The Bertz CT molecular complexity index is 702. The lowest BCUT2D eigenvalue weighted by Crippen LogP contribution is -2.03. The molecule has 6 nitrogen and oxygen atoms in total. The van der Waals surface area contributed by atoms with E-state index in [0.717, 1.165) is 6.07 Å². The zero-order valence-electron chi connectivity index (χ0n) is 10.7. The molecule has 108 valence electrons. The van der Waals surface area contributed by atoms with E-state index in [0.29, 0.717) is 5.56 Å². The summed E-state index contributed by atoms with van der Waals surface area (Å²) in [7, 11) is 0. The molecule has 1 N–H and O–H groups in total. The molecule has 0 spiro atoms. The summed E-state index contributed by atoms with van der Waals surface area (Å²) < 4.78 is 18.8. The first kappa shape index (κ1) is 14.4. The van der Waals surface area contributed by atoms with Gasteiger partial charge >= 0.3 is 5.97 Å². The largest absolute Gasteiger partial charge is 0.486 e. The first-order chi connectivity index (χ1) is 9.99. The maximum absolute atomic E-state index is 13.7. The van der Waals surface area contributed by atoms with Crippen molar-refractivity contribution in [3.05, 3.63) is 69.5 Å². The molecule has 0 aliphatic rings. The molecule has 0 saturated carbocycles. The summed E-state index contributed by atoms with van der Waals surface area (Å²) in [6.45, 7) is -0.194. The van der Waals surface area contributed by atoms with Gasteiger partial charge in [-0.15, -0.1) is 0 Å². The molecule has 0 aromatic heterocycles. The van der Waals surface area contributed by atoms with Crippen LogP contribution in [0, 0.1) is 15.9 Å². The summed E-state index contributed by atoms with van der Waals surface area (Å²) in [6, 6.07) is 9.15. The van der Waals surface area contributed by atoms with Crippen molar-refractivity contribution in [3.8, 4) is 5.75 Å². The fourth-order valence-electron chi connectivity index (χ4n) is 1.72. The van der Waals surface area contributed by atoms with Crippen LogP contribution in [0.5, 0.6) is 5.75 Å². The number of halogens is 1. The molecule has 2 rings (SSSR count). The molecule has 21 heavy (non-hydrogen) atoms. The monoisotopic (exact) mass is 291 g/mol. The molecule has 0 bridgehead atoms. The van der Waals surface area contributed by atoms with Crippen molar-refractivity contribution in [3.63, 3.8) is 0 Å². The second-order valence-electron chi connectivity index (χ2n) is 4.12. The third-order valence-corrected chi connectivity index (χ3v) is 2.75. The molecule has 0 aliphatic carbocycles. The highest BCUT2D eigenvalue weighted by atomic mass is 19.1. The van der Waals surface area contributed by atoms with Crippen LogP contribution >= 0.6 is 0 Å². The lowest BCUT2D eigenvalue weighted by atomic mass is 10.2. The van der Waals surface area contributed by atoms with Crippen molar-refractivity contribution >= 4 is 11.7 Å². The van der Waals surface area contributed by atoms with Gasteiger partial charge in [-0.05, 0) is 24.3 Å². The molecule has 0 heterocycles. The predicted molar refractivity (Wildman–Crippen MR) is 70.8 cm³/mol. The number of para-hydroxylation sites is 1. The second kappa shape index (κ2) is 6.00. The molecule has 2 aromatic rings. The smallest absolute Gasteiger partial charge is 0.335 e. The number of carbonyl (C=O) groups is 1. The van der Waals surface area contributed by atoms with Gasteiger partial charge in [0.05, 0.1) is 16.1 Å². The second-order valence-corrected chi connectivity index (χ2v) is 4.12. The Hall–Kier alpha value is -2.96. The molecule has 0 atom stereocenters. The number of hydrogen-bond acceptors (Lipinski definition) is 4. The maximum atomic E-state index is 13.7. The molecule has 2 aromatic carbocycles. The molecular formula is C14H10FNO5. The molecule has 0 unspecified atom stereocenters. The van der Waals surface area contributed by atoms with Gasteiger partial charge in [-0.3, -0.25) is 10.1 Å².